The van der Waals surface area contributed by atoms with Gasteiger partial charge < -0.3 is 34.9 Å². The van der Waals surface area contributed by atoms with Gasteiger partial charge in [-0.2, -0.15) is 0 Å². The molecule has 1 aromatic carbocycles. The zero-order valence-corrected chi connectivity index (χ0v) is 24.4. The third-order valence-corrected chi connectivity index (χ3v) is 7.47. The van der Waals surface area contributed by atoms with E-state index in [2.05, 4.69) is 21.1 Å². The summed E-state index contributed by atoms with van der Waals surface area (Å²) in [6.45, 7) is 7.99. The average molecular weight is 576 g/mol. The van der Waals surface area contributed by atoms with Gasteiger partial charge in [-0.3, -0.25) is 4.79 Å². The Morgan fingerprint density at radius 3 is 2.59 bits per heavy atom. The maximum atomic E-state index is 13.0. The minimum atomic E-state index is -0.778. The molecule has 2 fully saturated rings. The van der Waals surface area contributed by atoms with Gasteiger partial charge in [0.2, 0.25) is 0 Å². The highest BCUT2D eigenvalue weighted by Gasteiger charge is 2.50. The van der Waals surface area contributed by atoms with Crippen molar-refractivity contribution in [3.05, 3.63) is 50.8 Å². The summed E-state index contributed by atoms with van der Waals surface area (Å²) < 4.78 is 21.3. The van der Waals surface area contributed by atoms with Crippen LogP contribution in [0.1, 0.15) is 55.7 Å². The van der Waals surface area contributed by atoms with Crippen LogP contribution in [0.15, 0.2) is 29.1 Å². The first-order valence-electron chi connectivity index (χ1n) is 13.9. The maximum absolute atomic E-state index is 13.0. The van der Waals surface area contributed by atoms with Crippen molar-refractivity contribution in [2.75, 3.05) is 40.5 Å². The molecule has 0 bridgehead atoms. The Balaban J connectivity index is 0.000000278. The second-order valence-electron chi connectivity index (χ2n) is 10.3. The summed E-state index contributed by atoms with van der Waals surface area (Å²) in [6, 6.07) is 5.93. The van der Waals surface area contributed by atoms with E-state index in [0.29, 0.717) is 43.2 Å². The molecule has 1 unspecified atom stereocenters. The van der Waals surface area contributed by atoms with Crippen LogP contribution in [0.5, 0.6) is 0 Å². The van der Waals surface area contributed by atoms with E-state index in [9.17, 15) is 19.7 Å². The first-order chi connectivity index (χ1) is 19.6. The number of hydrazone groups is 1. The van der Waals surface area contributed by atoms with E-state index in [1.165, 1.54) is 0 Å². The van der Waals surface area contributed by atoms with Crippen LogP contribution in [0.25, 0.3) is 5.57 Å². The smallest absolute Gasteiger partial charge is 0.434 e. The Kier molecular flexibility index (Phi) is 11.5. The SMILES string of the molecule is CCOC(=O)OC1=C(c2cc(C)ccc2C)C(=O)N[C@]12CC[C@@H](OC)CC2.CN/C(=N/[N+](=O)[O-])NCC1CCOC1. The minimum Gasteiger partial charge on any atom is -0.434 e. The second kappa shape index (κ2) is 14.8. The fourth-order valence-electron chi connectivity index (χ4n) is 5.22. The van der Waals surface area contributed by atoms with Crippen LogP contribution >= 0.6 is 0 Å². The predicted molar refractivity (Wildman–Crippen MR) is 151 cm³/mol. The number of methoxy groups -OCH3 is 1. The van der Waals surface area contributed by atoms with Gasteiger partial charge >= 0.3 is 6.16 Å². The molecule has 1 atom stereocenters. The minimum absolute atomic E-state index is 0.154. The Morgan fingerprint density at radius 1 is 1.27 bits per heavy atom. The van der Waals surface area contributed by atoms with E-state index in [1.54, 1.807) is 21.1 Å². The van der Waals surface area contributed by atoms with Crippen LogP contribution in [-0.2, 0) is 23.7 Å². The van der Waals surface area contributed by atoms with E-state index >= 15 is 0 Å². The van der Waals surface area contributed by atoms with Gasteiger partial charge in [0, 0.05) is 33.2 Å². The number of carbonyl (C=O) groups is 2. The lowest BCUT2D eigenvalue weighted by Crippen LogP contribution is -2.49. The summed E-state index contributed by atoms with van der Waals surface area (Å²) in [4.78, 5) is 35.2. The lowest BCUT2D eigenvalue weighted by atomic mass is 9.79. The summed E-state index contributed by atoms with van der Waals surface area (Å²) in [7, 11) is 3.28. The molecule has 1 saturated carbocycles. The largest absolute Gasteiger partial charge is 0.513 e. The molecule has 41 heavy (non-hydrogen) atoms. The molecule has 3 aliphatic rings. The number of rotatable bonds is 7. The topological polar surface area (TPSA) is 163 Å². The van der Waals surface area contributed by atoms with Gasteiger partial charge in [0.25, 0.3) is 11.9 Å². The van der Waals surface area contributed by atoms with Gasteiger partial charge in [-0.05, 0) is 64.0 Å². The molecular weight excluding hydrogens is 534 g/mol. The standard InChI is InChI=1S/C21H27NO5.C7H14N4O3/c1-5-26-20(24)27-18-17(16-12-13(2)6-7-14(16)3)19(23)22-21(18)10-8-15(25-4)9-11-21;1-8-7(10-11(12)13)9-4-6-2-3-14-5-6/h6-7,12,15H,5,8-11H2,1-4H3,(H,22,23);6H,2-5H2,1H3,(H2,8,9,10)/t15-,21+;. The molecule has 1 spiro atoms. The van der Waals surface area contributed by atoms with E-state index < -0.39 is 16.7 Å². The molecule has 4 rings (SSSR count). The molecule has 1 amide bonds. The molecule has 226 valence electrons. The number of benzene rings is 1. The van der Waals surface area contributed by atoms with E-state index in [0.717, 1.165) is 42.6 Å². The normalized spacial score (nSPS) is 23.9. The number of hydrogen-bond donors (Lipinski definition) is 3. The van der Waals surface area contributed by atoms with Crippen LogP contribution in [-0.4, -0.2) is 75.2 Å². The summed E-state index contributed by atoms with van der Waals surface area (Å²) >= 11 is 0. The van der Waals surface area contributed by atoms with Crippen LogP contribution in [0, 0.1) is 29.9 Å². The first kappa shape index (κ1) is 31.8. The van der Waals surface area contributed by atoms with Gasteiger partial charge in [-0.15, -0.1) is 0 Å². The van der Waals surface area contributed by atoms with Gasteiger partial charge in [0.05, 0.1) is 30.4 Å². The van der Waals surface area contributed by atoms with Gasteiger partial charge in [-0.1, -0.05) is 23.8 Å². The maximum Gasteiger partial charge on any atom is 0.513 e. The Morgan fingerprint density at radius 2 is 2.00 bits per heavy atom. The molecule has 2 aliphatic heterocycles. The van der Waals surface area contributed by atoms with E-state index in [4.69, 9.17) is 18.9 Å². The van der Waals surface area contributed by atoms with Crippen LogP contribution in [0.2, 0.25) is 0 Å². The number of nitrogens with zero attached hydrogens (tertiary/aromatic N) is 2. The average Bonchev–Trinajstić information content (AvgIpc) is 3.55. The third kappa shape index (κ3) is 8.40. The van der Waals surface area contributed by atoms with Gasteiger partial charge in [-0.25, -0.2) is 14.9 Å². The number of aryl methyl sites for hydroxylation is 2. The zero-order chi connectivity index (χ0) is 30.0. The molecular formula is C28H41N5O8. The van der Waals surface area contributed by atoms with E-state index in [-0.39, 0.29) is 24.6 Å². The second-order valence-corrected chi connectivity index (χ2v) is 10.3. The molecule has 0 aromatic heterocycles. The number of guanidine groups is 1. The lowest BCUT2D eigenvalue weighted by molar-refractivity contribution is -0.485. The lowest BCUT2D eigenvalue weighted by Gasteiger charge is -2.37. The molecule has 2 heterocycles. The predicted octanol–water partition coefficient (Wildman–Crippen LogP) is 3.02. The molecule has 1 aromatic rings. The third-order valence-electron chi connectivity index (χ3n) is 7.47. The van der Waals surface area contributed by atoms with Crippen molar-refractivity contribution in [3.63, 3.8) is 0 Å². The number of hydrogen-bond acceptors (Lipinski definition) is 8. The highest BCUT2D eigenvalue weighted by molar-refractivity contribution is 6.23. The molecule has 0 radical (unpaired) electrons. The highest BCUT2D eigenvalue weighted by atomic mass is 16.7. The van der Waals surface area contributed by atoms with Crippen LogP contribution in [0.4, 0.5) is 4.79 Å². The van der Waals surface area contributed by atoms with Gasteiger partial charge in [0.15, 0.2) is 5.03 Å². The van der Waals surface area contributed by atoms with Crippen molar-refractivity contribution in [1.82, 2.24) is 16.0 Å². The van der Waals surface area contributed by atoms with Crippen LogP contribution in [0.3, 0.4) is 0 Å². The van der Waals surface area contributed by atoms with E-state index in [1.807, 2.05) is 32.0 Å². The van der Waals surface area contributed by atoms with Crippen molar-refractivity contribution >= 4 is 23.6 Å². The highest BCUT2D eigenvalue weighted by Crippen LogP contribution is 2.44. The van der Waals surface area contributed by atoms with Crippen LogP contribution < -0.4 is 16.0 Å². The van der Waals surface area contributed by atoms with Crippen molar-refractivity contribution in [2.24, 2.45) is 11.0 Å². The molecule has 13 nitrogen and oxygen atoms in total. The monoisotopic (exact) mass is 575 g/mol. The zero-order valence-electron chi connectivity index (χ0n) is 24.4. The molecule has 1 aliphatic carbocycles. The number of amides is 1. The van der Waals surface area contributed by atoms with Crippen molar-refractivity contribution < 1.29 is 33.6 Å². The summed E-state index contributed by atoms with van der Waals surface area (Å²) in [5.41, 5.74) is 2.52. The fourth-order valence-corrected chi connectivity index (χ4v) is 5.22. The summed E-state index contributed by atoms with van der Waals surface area (Å²) in [5, 5.41) is 21.1. The number of nitrogens with one attached hydrogen (secondary N) is 3. The van der Waals surface area contributed by atoms with Crippen molar-refractivity contribution in [1.29, 1.82) is 0 Å². The Bertz CT molecular complexity index is 1150. The van der Waals surface area contributed by atoms with Crippen molar-refractivity contribution in [2.45, 2.75) is 64.5 Å². The quantitative estimate of drug-likeness (QED) is 0.145. The molecule has 3 N–H and O–H groups in total. The number of ether oxygens (including phenoxy) is 4. The fraction of sp³-hybridized carbons (Fsp3) is 0.607. The summed E-state index contributed by atoms with van der Waals surface area (Å²) in [5.74, 6) is 0.773. The van der Waals surface area contributed by atoms with Crippen molar-refractivity contribution in [3.8, 4) is 0 Å². The first-order valence-corrected chi connectivity index (χ1v) is 13.9. The summed E-state index contributed by atoms with van der Waals surface area (Å²) in [6.07, 6.45) is 3.24. The Labute approximate surface area is 240 Å². The molecule has 13 heteroatoms. The number of nitro groups is 1. The Hall–Kier alpha value is -3.71. The molecule has 1 saturated heterocycles. The van der Waals surface area contributed by atoms with Gasteiger partial charge in [0.1, 0.15) is 10.9 Å². The number of carbonyl (C=O) groups excluding carboxylic acids is 2.